The first-order chi connectivity index (χ1) is 34.4. The Labute approximate surface area is 432 Å². The molecule has 11 nitrogen and oxygen atoms in total. The van der Waals surface area contributed by atoms with Crippen molar-refractivity contribution >= 4 is 48.7 Å². The molecule has 15 heteroatoms. The fourth-order valence-corrected chi connectivity index (χ4v) is 23.0. The molecule has 380 valence electrons. The summed E-state index contributed by atoms with van der Waals surface area (Å²) in [4.78, 5) is 3.44. The van der Waals surface area contributed by atoms with Gasteiger partial charge in [-0.15, -0.1) is 0 Å². The van der Waals surface area contributed by atoms with Gasteiger partial charge in [0, 0.05) is 67.0 Å². The minimum atomic E-state index is -1.54. The molecule has 5 aliphatic carbocycles. The molecule has 4 fully saturated rings. The minimum Gasteiger partial charge on any atom is -0.508 e. The molecular formula is C56H67NO10S4. The third kappa shape index (κ3) is 7.40. The fraction of sp³-hybridized carbons (Fsp3) is 0.571. The lowest BCUT2D eigenvalue weighted by Crippen LogP contribution is -2.61. The summed E-state index contributed by atoms with van der Waals surface area (Å²) in [5.41, 5.74) is 6.69. The number of aromatic amines is 1. The number of nitrogens with one attached hydrogen (secondary N) is 1. The molecule has 71 heavy (non-hydrogen) atoms. The van der Waals surface area contributed by atoms with Crippen molar-refractivity contribution in [3.05, 3.63) is 82.2 Å². The van der Waals surface area contributed by atoms with Crippen molar-refractivity contribution in [1.29, 1.82) is 0 Å². The van der Waals surface area contributed by atoms with Crippen LogP contribution in [0.2, 0.25) is 0 Å². The molecule has 5 heterocycles. The number of benzene rings is 3. The number of hydrogen-bond acceptors (Lipinski definition) is 14. The smallest absolute Gasteiger partial charge is 0.207 e. The number of aliphatic hydroxyl groups is 3. The van der Waals surface area contributed by atoms with Gasteiger partial charge in [-0.25, -0.2) is 0 Å². The number of fused-ring (bicyclic) bond motifs is 7. The van der Waals surface area contributed by atoms with Crippen LogP contribution in [0, 0.1) is 17.8 Å². The van der Waals surface area contributed by atoms with E-state index < -0.39 is 27.8 Å². The molecule has 2 saturated heterocycles. The van der Waals surface area contributed by atoms with Gasteiger partial charge in [0.2, 0.25) is 11.5 Å². The molecule has 2 saturated carbocycles. The molecule has 3 aromatic carbocycles. The number of aromatic hydroxyl groups is 3. The van der Waals surface area contributed by atoms with Crippen molar-refractivity contribution in [2.75, 3.05) is 39.3 Å². The molecule has 10 bridgehead atoms. The highest BCUT2D eigenvalue weighted by Crippen LogP contribution is 2.74. The lowest BCUT2D eigenvalue weighted by atomic mass is 9.52. The van der Waals surface area contributed by atoms with Gasteiger partial charge in [0.1, 0.15) is 30.0 Å². The number of H-pyrrole nitrogens is 1. The van der Waals surface area contributed by atoms with Crippen molar-refractivity contribution in [3.63, 3.8) is 0 Å². The van der Waals surface area contributed by atoms with E-state index in [1.54, 1.807) is 17.7 Å². The largest absolute Gasteiger partial charge is 0.508 e. The second-order valence-electron chi connectivity index (χ2n) is 22.2. The van der Waals surface area contributed by atoms with Gasteiger partial charge in [0.15, 0.2) is 17.1 Å². The van der Waals surface area contributed by atoms with Crippen LogP contribution in [-0.4, -0.2) is 95.8 Å². The molecule has 9 atom stereocenters. The van der Waals surface area contributed by atoms with Crippen LogP contribution >= 0.6 is 43.2 Å². The lowest BCUT2D eigenvalue weighted by Gasteiger charge is -2.60. The maximum atomic E-state index is 14.0. The highest BCUT2D eigenvalue weighted by Gasteiger charge is 2.67. The molecule has 1 aromatic heterocycles. The lowest BCUT2D eigenvalue weighted by molar-refractivity contribution is -0.125. The average molecular weight is 1040 g/mol. The number of allylic oxidation sites excluding steroid dienone is 1. The van der Waals surface area contributed by atoms with Gasteiger partial charge >= 0.3 is 0 Å². The van der Waals surface area contributed by atoms with Crippen molar-refractivity contribution < 1.29 is 49.6 Å². The van der Waals surface area contributed by atoms with E-state index in [0.717, 1.165) is 92.0 Å². The molecule has 2 spiro atoms. The Balaban J connectivity index is 1.17. The van der Waals surface area contributed by atoms with Crippen LogP contribution in [0.5, 0.6) is 40.2 Å². The molecule has 7 N–H and O–H groups in total. The monoisotopic (exact) mass is 1040 g/mol. The van der Waals surface area contributed by atoms with E-state index >= 15 is 0 Å². The topological polar surface area (TPSA) is 174 Å². The Kier molecular flexibility index (Phi) is 12.6. The maximum Gasteiger partial charge on any atom is 0.207 e. The summed E-state index contributed by atoms with van der Waals surface area (Å²) in [7, 11) is 9.34. The minimum absolute atomic E-state index is 0.00566. The van der Waals surface area contributed by atoms with Crippen molar-refractivity contribution in [3.8, 4) is 51.4 Å². The van der Waals surface area contributed by atoms with Gasteiger partial charge in [-0.2, -0.15) is 0 Å². The van der Waals surface area contributed by atoms with Crippen LogP contribution in [-0.2, 0) is 11.0 Å². The molecular weight excluding hydrogens is 975 g/mol. The summed E-state index contributed by atoms with van der Waals surface area (Å²) in [6.45, 7) is 4.12. The summed E-state index contributed by atoms with van der Waals surface area (Å²) < 4.78 is 25.6. The van der Waals surface area contributed by atoms with Crippen LogP contribution in [0.25, 0.3) is 16.7 Å². The second kappa shape index (κ2) is 18.4. The van der Waals surface area contributed by atoms with E-state index in [9.17, 15) is 30.6 Å². The van der Waals surface area contributed by atoms with E-state index in [4.69, 9.17) is 18.9 Å². The molecule has 9 aliphatic rings. The van der Waals surface area contributed by atoms with Crippen molar-refractivity contribution in [2.24, 2.45) is 17.8 Å². The first kappa shape index (κ1) is 48.5. The number of phenolic OH excluding ortho intramolecular Hbond substituents is 3. The van der Waals surface area contributed by atoms with E-state index in [0.29, 0.717) is 48.5 Å². The first-order valence-electron chi connectivity index (χ1n) is 26.0. The highest BCUT2D eigenvalue weighted by atomic mass is 33.1. The Morgan fingerprint density at radius 2 is 1.72 bits per heavy atom. The van der Waals surface area contributed by atoms with Crippen LogP contribution in [0.15, 0.2) is 54.4 Å². The Hall–Kier alpha value is -3.44. The summed E-state index contributed by atoms with van der Waals surface area (Å²) in [5, 5.41) is 72.9. The number of rotatable bonds is 11. The van der Waals surface area contributed by atoms with Gasteiger partial charge in [-0.3, -0.25) is 0 Å². The summed E-state index contributed by atoms with van der Waals surface area (Å²) in [6.07, 6.45) is 15.1. The number of aromatic nitrogens is 1. The molecule has 13 rings (SSSR count). The normalized spacial score (nSPS) is 32.0. The second-order valence-corrected chi connectivity index (χ2v) is 27.7. The van der Waals surface area contributed by atoms with Gasteiger partial charge in [0.05, 0.1) is 26.9 Å². The molecule has 4 aliphatic heterocycles. The Morgan fingerprint density at radius 1 is 0.887 bits per heavy atom. The number of methoxy groups -OCH3 is 1. The van der Waals surface area contributed by atoms with E-state index in [1.165, 1.54) is 24.7 Å². The number of ether oxygens (including phenoxy) is 4. The maximum absolute atomic E-state index is 14.0. The fourth-order valence-electron chi connectivity index (χ4n) is 14.8. The molecule has 0 radical (unpaired) electrons. The van der Waals surface area contributed by atoms with Gasteiger partial charge in [0.25, 0.3) is 0 Å². The average Bonchev–Trinajstić information content (AvgIpc) is 3.92. The predicted molar refractivity (Wildman–Crippen MR) is 285 cm³/mol. The standard InChI is InChI=1S/C56H67NO10S4/c1-30(2)11-19-65-42-25-39(49(61)51(64-3)50(42)62)56-16-15-55-14-9-31-22-38-37-24-34(60)7-8-35(37)44-40(66-20-18-58)26-41(67-56)45(48(55)52(56)63)47(44)53(38,28-59)29-68-70-54(12-5-4-6-13-54)46-36(32-10-17-57-27-32)21-33(31)23-43(46)69-71-55/h7-8,10,17,24-27,30-31,33,38,43,48,52,57-63H,4-6,9,11-16,18-23,28-29H2,1-3H3. The number of hydrogen-bond donors (Lipinski definition) is 7. The number of aliphatic hydroxyl groups excluding tert-OH is 3. The Bertz CT molecular complexity index is 2740. The zero-order chi connectivity index (χ0) is 49.0. The van der Waals surface area contributed by atoms with Crippen LogP contribution < -0.4 is 18.9 Å². The molecule has 0 amide bonds. The third-order valence-electron chi connectivity index (χ3n) is 18.2. The molecule has 4 aromatic rings. The van der Waals surface area contributed by atoms with Crippen molar-refractivity contribution in [2.45, 2.75) is 141 Å². The first-order valence-corrected chi connectivity index (χ1v) is 30.5. The van der Waals surface area contributed by atoms with Crippen LogP contribution in [0.4, 0.5) is 0 Å². The van der Waals surface area contributed by atoms with E-state index in [1.807, 2.05) is 61.4 Å². The van der Waals surface area contributed by atoms with Gasteiger partial charge in [-0.1, -0.05) is 82.4 Å². The summed E-state index contributed by atoms with van der Waals surface area (Å²) in [5.74, 6) is 1.22. The zero-order valence-electron chi connectivity index (χ0n) is 40.8. The zero-order valence-corrected chi connectivity index (χ0v) is 44.1. The number of phenols is 3. The van der Waals surface area contributed by atoms with Gasteiger partial charge < -0.3 is 54.6 Å². The van der Waals surface area contributed by atoms with Crippen LogP contribution in [0.3, 0.4) is 0 Å². The quantitative estimate of drug-likeness (QED) is 0.0707. The van der Waals surface area contributed by atoms with Gasteiger partial charge in [-0.05, 0) is 146 Å². The van der Waals surface area contributed by atoms with E-state index in [-0.39, 0.29) is 76.0 Å². The third-order valence-corrected chi connectivity index (χ3v) is 25.3. The Morgan fingerprint density at radius 3 is 2.48 bits per heavy atom. The predicted octanol–water partition coefficient (Wildman–Crippen LogP) is 11.7. The SMILES string of the molecule is COc1c(O)c(OCCC(C)C)cc(C23CCC45CCC6CC7c8cc(O)ccc8-c8c(OCCO)cc(c(c8C7(CO)CSSC7(CCCCC7)C7=C(c8cc[nH]c8)CC6CC7SS4)C5C2O)O3)c1O. The highest BCUT2D eigenvalue weighted by molar-refractivity contribution is 8.78. The molecule has 9 unspecified atom stereocenters. The summed E-state index contributed by atoms with van der Waals surface area (Å²) >= 11 is 0. The summed E-state index contributed by atoms with van der Waals surface area (Å²) in [6, 6.07) is 11.5. The van der Waals surface area contributed by atoms with Crippen molar-refractivity contribution in [1.82, 2.24) is 4.98 Å². The van der Waals surface area contributed by atoms with Crippen LogP contribution in [0.1, 0.15) is 137 Å². The van der Waals surface area contributed by atoms with E-state index in [2.05, 4.69) is 37.3 Å².